The van der Waals surface area contributed by atoms with Crippen LogP contribution in [0.2, 0.25) is 0 Å². The van der Waals surface area contributed by atoms with Gasteiger partial charge in [0.1, 0.15) is 0 Å². The maximum atomic E-state index is 6.01. The molecular formula is C21H28N4O2. The summed E-state index contributed by atoms with van der Waals surface area (Å²) in [5, 5.41) is 6.62. The van der Waals surface area contributed by atoms with Gasteiger partial charge in [0.25, 0.3) is 0 Å². The molecule has 1 aliphatic rings. The Bertz CT molecular complexity index is 715. The van der Waals surface area contributed by atoms with Crippen molar-refractivity contribution in [3.63, 3.8) is 0 Å². The lowest BCUT2D eigenvalue weighted by Crippen LogP contribution is -2.36. The molecule has 3 rings (SSSR count). The quantitative estimate of drug-likeness (QED) is 0.581. The van der Waals surface area contributed by atoms with Crippen LogP contribution in [0.25, 0.3) is 0 Å². The largest absolute Gasteiger partial charge is 0.381 e. The molecular weight excluding hydrogens is 340 g/mol. The number of aliphatic imine (C=N–C) groups is 1. The molecule has 0 bridgehead atoms. The van der Waals surface area contributed by atoms with Crippen molar-refractivity contribution in [1.29, 1.82) is 0 Å². The zero-order valence-electron chi connectivity index (χ0n) is 15.9. The molecule has 0 aliphatic carbocycles. The van der Waals surface area contributed by atoms with Gasteiger partial charge < -0.3 is 20.1 Å². The second-order valence-corrected chi connectivity index (χ2v) is 6.54. The molecule has 0 saturated carbocycles. The summed E-state index contributed by atoms with van der Waals surface area (Å²) in [6.45, 7) is 3.59. The summed E-state index contributed by atoms with van der Waals surface area (Å²) in [5.41, 5.74) is 3.37. The molecule has 0 amide bonds. The fourth-order valence-electron chi connectivity index (χ4n) is 2.97. The highest BCUT2D eigenvalue weighted by Crippen LogP contribution is 2.14. The summed E-state index contributed by atoms with van der Waals surface area (Å²) in [5.74, 6) is 0.754. The Morgan fingerprint density at radius 2 is 1.93 bits per heavy atom. The first-order valence-corrected chi connectivity index (χ1v) is 9.45. The van der Waals surface area contributed by atoms with Gasteiger partial charge in [0.2, 0.25) is 0 Å². The van der Waals surface area contributed by atoms with E-state index in [0.717, 1.165) is 37.7 Å². The van der Waals surface area contributed by atoms with E-state index in [0.29, 0.717) is 25.8 Å². The summed E-state index contributed by atoms with van der Waals surface area (Å²) < 4.78 is 11.4. The third-order valence-corrected chi connectivity index (χ3v) is 4.49. The summed E-state index contributed by atoms with van der Waals surface area (Å²) in [4.78, 5) is 8.58. The van der Waals surface area contributed by atoms with Crippen molar-refractivity contribution in [2.45, 2.75) is 38.6 Å². The Balaban J connectivity index is 1.45. The number of nitrogens with one attached hydrogen (secondary N) is 2. The van der Waals surface area contributed by atoms with Crippen LogP contribution < -0.4 is 10.6 Å². The first kappa shape index (κ1) is 19.3. The molecule has 1 saturated heterocycles. The summed E-state index contributed by atoms with van der Waals surface area (Å²) in [7, 11) is 1.77. The molecule has 0 radical (unpaired) electrons. The molecule has 27 heavy (non-hydrogen) atoms. The van der Waals surface area contributed by atoms with Gasteiger partial charge in [-0.15, -0.1) is 0 Å². The van der Waals surface area contributed by atoms with E-state index in [1.807, 2.05) is 18.2 Å². The second kappa shape index (κ2) is 10.6. The minimum atomic E-state index is 0.315. The van der Waals surface area contributed by atoms with Gasteiger partial charge in [-0.1, -0.05) is 30.3 Å². The van der Waals surface area contributed by atoms with E-state index in [1.165, 1.54) is 11.1 Å². The number of hydrogen-bond acceptors (Lipinski definition) is 4. The van der Waals surface area contributed by atoms with Crippen LogP contribution in [0, 0.1) is 0 Å². The van der Waals surface area contributed by atoms with Crippen LogP contribution in [-0.4, -0.2) is 37.3 Å². The van der Waals surface area contributed by atoms with E-state index >= 15 is 0 Å². The maximum Gasteiger partial charge on any atom is 0.191 e. The molecule has 0 spiro atoms. The molecule has 6 heteroatoms. The number of pyridine rings is 1. The molecule has 1 aromatic heterocycles. The van der Waals surface area contributed by atoms with Crippen molar-refractivity contribution in [1.82, 2.24) is 15.6 Å². The molecule has 2 N–H and O–H groups in total. The standard InChI is InChI=1S/C21H28N4O2/c1-22-21(25-15-19-7-2-3-10-23-19)24-14-17-5-4-6-18(13-17)16-27-20-8-11-26-12-9-20/h2-7,10,13,20H,8-9,11-12,14-16H2,1H3,(H2,22,24,25). The highest BCUT2D eigenvalue weighted by atomic mass is 16.5. The number of hydrogen-bond donors (Lipinski definition) is 2. The third kappa shape index (κ3) is 6.66. The number of benzene rings is 1. The maximum absolute atomic E-state index is 6.01. The smallest absolute Gasteiger partial charge is 0.191 e. The molecule has 0 unspecified atom stereocenters. The second-order valence-electron chi connectivity index (χ2n) is 6.54. The third-order valence-electron chi connectivity index (χ3n) is 4.49. The van der Waals surface area contributed by atoms with E-state index in [4.69, 9.17) is 9.47 Å². The van der Waals surface area contributed by atoms with Crippen LogP contribution >= 0.6 is 0 Å². The van der Waals surface area contributed by atoms with Gasteiger partial charge in [0.15, 0.2) is 5.96 Å². The van der Waals surface area contributed by atoms with Gasteiger partial charge in [0, 0.05) is 33.0 Å². The van der Waals surface area contributed by atoms with Crippen molar-refractivity contribution < 1.29 is 9.47 Å². The number of nitrogens with zero attached hydrogens (tertiary/aromatic N) is 2. The van der Waals surface area contributed by atoms with Gasteiger partial charge in [-0.05, 0) is 36.1 Å². The van der Waals surface area contributed by atoms with Gasteiger partial charge >= 0.3 is 0 Å². The predicted molar refractivity (Wildman–Crippen MR) is 106 cm³/mol. The Hall–Kier alpha value is -2.44. The monoisotopic (exact) mass is 368 g/mol. The lowest BCUT2D eigenvalue weighted by molar-refractivity contribution is -0.0390. The molecule has 144 valence electrons. The van der Waals surface area contributed by atoms with Gasteiger partial charge in [-0.25, -0.2) is 0 Å². The number of guanidine groups is 1. The van der Waals surface area contributed by atoms with E-state index in [9.17, 15) is 0 Å². The highest BCUT2D eigenvalue weighted by Gasteiger charge is 2.14. The van der Waals surface area contributed by atoms with Crippen molar-refractivity contribution in [2.75, 3.05) is 20.3 Å². The Morgan fingerprint density at radius 1 is 1.11 bits per heavy atom. The SMILES string of the molecule is CN=C(NCc1cccc(COC2CCOCC2)c1)NCc1ccccn1. The Labute approximate surface area is 161 Å². The zero-order chi connectivity index (χ0) is 18.7. The number of rotatable bonds is 7. The molecule has 0 atom stereocenters. The summed E-state index contributed by atoms with van der Waals surface area (Å²) >= 11 is 0. The summed E-state index contributed by atoms with van der Waals surface area (Å²) in [6.07, 6.45) is 4.08. The number of ether oxygens (including phenoxy) is 2. The minimum Gasteiger partial charge on any atom is -0.381 e. The molecule has 1 fully saturated rings. The van der Waals surface area contributed by atoms with Gasteiger partial charge in [-0.3, -0.25) is 9.98 Å². The van der Waals surface area contributed by atoms with Crippen molar-refractivity contribution in [3.05, 3.63) is 65.5 Å². The van der Waals surface area contributed by atoms with Crippen LogP contribution in [0.4, 0.5) is 0 Å². The van der Waals surface area contributed by atoms with Crippen LogP contribution in [0.15, 0.2) is 53.7 Å². The first-order chi connectivity index (χ1) is 13.3. The molecule has 2 aromatic rings. The molecule has 2 heterocycles. The zero-order valence-corrected chi connectivity index (χ0v) is 15.9. The molecule has 6 nitrogen and oxygen atoms in total. The predicted octanol–water partition coefficient (Wildman–Crippen LogP) is 2.64. The van der Waals surface area contributed by atoms with E-state index in [2.05, 4.69) is 44.9 Å². The van der Waals surface area contributed by atoms with E-state index in [1.54, 1.807) is 13.2 Å². The fraction of sp³-hybridized carbons (Fsp3) is 0.429. The Kier molecular flexibility index (Phi) is 7.62. The summed E-state index contributed by atoms with van der Waals surface area (Å²) in [6, 6.07) is 14.3. The lowest BCUT2D eigenvalue weighted by Gasteiger charge is -2.22. The minimum absolute atomic E-state index is 0.315. The topological polar surface area (TPSA) is 67.8 Å². The average Bonchev–Trinajstić information content (AvgIpc) is 2.74. The average molecular weight is 368 g/mol. The number of aromatic nitrogens is 1. The van der Waals surface area contributed by atoms with Crippen molar-refractivity contribution in [2.24, 2.45) is 4.99 Å². The van der Waals surface area contributed by atoms with Crippen LogP contribution in [0.1, 0.15) is 29.7 Å². The molecule has 1 aliphatic heterocycles. The van der Waals surface area contributed by atoms with E-state index < -0.39 is 0 Å². The lowest BCUT2D eigenvalue weighted by atomic mass is 10.1. The van der Waals surface area contributed by atoms with Gasteiger partial charge in [-0.2, -0.15) is 0 Å². The van der Waals surface area contributed by atoms with Crippen molar-refractivity contribution in [3.8, 4) is 0 Å². The van der Waals surface area contributed by atoms with Crippen molar-refractivity contribution >= 4 is 5.96 Å². The van der Waals surface area contributed by atoms with Crippen LogP contribution in [-0.2, 0) is 29.2 Å². The van der Waals surface area contributed by atoms with Crippen LogP contribution in [0.3, 0.4) is 0 Å². The van der Waals surface area contributed by atoms with E-state index in [-0.39, 0.29) is 0 Å². The van der Waals surface area contributed by atoms with Gasteiger partial charge in [0.05, 0.1) is 24.9 Å². The first-order valence-electron chi connectivity index (χ1n) is 9.45. The molecule has 1 aromatic carbocycles. The highest BCUT2D eigenvalue weighted by molar-refractivity contribution is 5.79. The van der Waals surface area contributed by atoms with Crippen LogP contribution in [0.5, 0.6) is 0 Å². The fourth-order valence-corrected chi connectivity index (χ4v) is 2.97. The normalized spacial score (nSPS) is 15.5. The Morgan fingerprint density at radius 3 is 2.70 bits per heavy atom.